The van der Waals surface area contributed by atoms with E-state index in [0.717, 1.165) is 11.1 Å². The van der Waals surface area contributed by atoms with Gasteiger partial charge in [-0.2, -0.15) is 0 Å². The third-order valence-electron chi connectivity index (χ3n) is 2.51. The van der Waals surface area contributed by atoms with Crippen LogP contribution in [0.1, 0.15) is 22.7 Å². The van der Waals surface area contributed by atoms with Crippen molar-refractivity contribution < 1.29 is 8.81 Å². The van der Waals surface area contributed by atoms with Gasteiger partial charge in [-0.25, -0.2) is 9.82 Å². The zero-order valence-electron chi connectivity index (χ0n) is 8.91. The molecule has 3 N–H and O–H groups in total. The lowest BCUT2D eigenvalue weighted by Gasteiger charge is -2.15. The summed E-state index contributed by atoms with van der Waals surface area (Å²) in [5.41, 5.74) is 4.89. The van der Waals surface area contributed by atoms with E-state index in [1.807, 2.05) is 6.92 Å². The fraction of sp³-hybridized carbons (Fsp3) is 0.167. The van der Waals surface area contributed by atoms with Crippen LogP contribution < -0.4 is 11.3 Å². The Kier molecular flexibility index (Phi) is 3.03. The van der Waals surface area contributed by atoms with Crippen molar-refractivity contribution in [1.29, 1.82) is 0 Å². The molecule has 0 aliphatic rings. The molecule has 1 unspecified atom stereocenters. The van der Waals surface area contributed by atoms with Crippen molar-refractivity contribution in [3.05, 3.63) is 59.3 Å². The smallest absolute Gasteiger partial charge is 0.128 e. The number of furan rings is 1. The molecule has 0 saturated carbocycles. The number of benzene rings is 1. The maximum Gasteiger partial charge on any atom is 0.128 e. The van der Waals surface area contributed by atoms with Gasteiger partial charge in [0.25, 0.3) is 0 Å². The summed E-state index contributed by atoms with van der Waals surface area (Å²) in [5, 5.41) is 0. The highest BCUT2D eigenvalue weighted by atomic mass is 19.1. The molecule has 0 saturated heterocycles. The number of nitrogens with two attached hydrogens (primary N) is 1. The lowest BCUT2D eigenvalue weighted by molar-refractivity contribution is 0.538. The molecule has 0 aliphatic heterocycles. The maximum atomic E-state index is 13.7. The molecule has 0 aliphatic carbocycles. The molecule has 4 heteroatoms. The number of nitrogens with one attached hydrogen (secondary N) is 1. The number of hydrogen-bond donors (Lipinski definition) is 2. The molecule has 0 spiro atoms. The highest BCUT2D eigenvalue weighted by Gasteiger charge is 2.17. The standard InChI is InChI=1S/C12H13FN2O/c1-8-2-3-11(13)10(6-8)12(15-14)9-4-5-16-7-9/h2-7,12,15H,14H2,1H3. The van der Waals surface area contributed by atoms with Crippen molar-refractivity contribution in [1.82, 2.24) is 5.43 Å². The average molecular weight is 220 g/mol. The minimum Gasteiger partial charge on any atom is -0.472 e. The number of aryl methyl sites for hydroxylation is 1. The van der Waals surface area contributed by atoms with Gasteiger partial charge in [0.05, 0.1) is 18.6 Å². The number of hydrogen-bond acceptors (Lipinski definition) is 3. The summed E-state index contributed by atoms with van der Waals surface area (Å²) >= 11 is 0. The highest BCUT2D eigenvalue weighted by Crippen LogP contribution is 2.24. The van der Waals surface area contributed by atoms with Crippen LogP contribution in [0.3, 0.4) is 0 Å². The van der Waals surface area contributed by atoms with Crippen LogP contribution in [0, 0.1) is 12.7 Å². The van der Waals surface area contributed by atoms with Gasteiger partial charge in [-0.05, 0) is 19.1 Å². The van der Waals surface area contributed by atoms with Crippen molar-refractivity contribution in [3.63, 3.8) is 0 Å². The van der Waals surface area contributed by atoms with Crippen molar-refractivity contribution in [2.45, 2.75) is 13.0 Å². The predicted octanol–water partition coefficient (Wildman–Crippen LogP) is 2.28. The topological polar surface area (TPSA) is 51.2 Å². The van der Waals surface area contributed by atoms with Gasteiger partial charge in [0.15, 0.2) is 0 Å². The lowest BCUT2D eigenvalue weighted by atomic mass is 9.99. The second kappa shape index (κ2) is 4.47. The third-order valence-corrected chi connectivity index (χ3v) is 2.51. The first kappa shape index (κ1) is 10.9. The average Bonchev–Trinajstić information content (AvgIpc) is 2.78. The third kappa shape index (κ3) is 1.98. The monoisotopic (exact) mass is 220 g/mol. The first-order valence-electron chi connectivity index (χ1n) is 4.96. The Morgan fingerprint density at radius 2 is 2.19 bits per heavy atom. The molecule has 3 nitrogen and oxygen atoms in total. The summed E-state index contributed by atoms with van der Waals surface area (Å²) in [5.74, 6) is 5.17. The second-order valence-corrected chi connectivity index (χ2v) is 3.68. The summed E-state index contributed by atoms with van der Waals surface area (Å²) in [6.07, 6.45) is 3.08. The molecule has 1 aromatic heterocycles. The Morgan fingerprint density at radius 1 is 1.38 bits per heavy atom. The Labute approximate surface area is 93.0 Å². The summed E-state index contributed by atoms with van der Waals surface area (Å²) in [6.45, 7) is 1.91. The van der Waals surface area contributed by atoms with E-state index >= 15 is 0 Å². The van der Waals surface area contributed by atoms with Crippen LogP contribution in [0.4, 0.5) is 4.39 Å². The molecule has 1 atom stereocenters. The van der Waals surface area contributed by atoms with Gasteiger partial charge >= 0.3 is 0 Å². The van der Waals surface area contributed by atoms with E-state index in [4.69, 9.17) is 10.3 Å². The van der Waals surface area contributed by atoms with E-state index < -0.39 is 6.04 Å². The van der Waals surface area contributed by atoms with Crippen LogP contribution in [0.2, 0.25) is 0 Å². The molecule has 84 valence electrons. The molecule has 2 rings (SSSR count). The molecular weight excluding hydrogens is 207 g/mol. The SMILES string of the molecule is Cc1ccc(F)c(C(NN)c2ccoc2)c1. The highest BCUT2D eigenvalue weighted by molar-refractivity contribution is 5.33. The van der Waals surface area contributed by atoms with Crippen LogP contribution in [0.5, 0.6) is 0 Å². The Bertz CT molecular complexity index is 468. The molecule has 1 aromatic carbocycles. The van der Waals surface area contributed by atoms with Gasteiger partial charge < -0.3 is 4.42 Å². The minimum absolute atomic E-state index is 0.283. The fourth-order valence-electron chi connectivity index (χ4n) is 1.69. The van der Waals surface area contributed by atoms with Crippen molar-refractivity contribution in [2.75, 3.05) is 0 Å². The molecule has 2 aromatic rings. The van der Waals surface area contributed by atoms with Crippen LogP contribution in [0.25, 0.3) is 0 Å². The number of hydrazine groups is 1. The lowest BCUT2D eigenvalue weighted by Crippen LogP contribution is -2.29. The largest absolute Gasteiger partial charge is 0.472 e. The van der Waals surface area contributed by atoms with E-state index in [-0.39, 0.29) is 5.82 Å². The Morgan fingerprint density at radius 3 is 2.81 bits per heavy atom. The van der Waals surface area contributed by atoms with Gasteiger partial charge in [0.2, 0.25) is 0 Å². The zero-order valence-corrected chi connectivity index (χ0v) is 8.91. The van der Waals surface area contributed by atoms with Crippen molar-refractivity contribution in [2.24, 2.45) is 5.84 Å². The van der Waals surface area contributed by atoms with E-state index in [2.05, 4.69) is 5.43 Å². The normalized spacial score (nSPS) is 12.7. The fourth-order valence-corrected chi connectivity index (χ4v) is 1.69. The number of halogens is 1. The first-order chi connectivity index (χ1) is 7.72. The molecule has 0 radical (unpaired) electrons. The van der Waals surface area contributed by atoms with Gasteiger partial charge in [0, 0.05) is 11.1 Å². The zero-order chi connectivity index (χ0) is 11.5. The summed E-state index contributed by atoms with van der Waals surface area (Å²) < 4.78 is 18.6. The second-order valence-electron chi connectivity index (χ2n) is 3.68. The van der Waals surface area contributed by atoms with Gasteiger partial charge in [-0.15, -0.1) is 0 Å². The Balaban J connectivity index is 2.44. The molecule has 0 bridgehead atoms. The molecule has 0 amide bonds. The minimum atomic E-state index is -0.390. The maximum absolute atomic E-state index is 13.7. The van der Waals surface area contributed by atoms with E-state index in [1.54, 1.807) is 24.5 Å². The van der Waals surface area contributed by atoms with Crippen LogP contribution >= 0.6 is 0 Å². The van der Waals surface area contributed by atoms with Gasteiger partial charge in [0.1, 0.15) is 5.82 Å². The molecular formula is C12H13FN2O. The van der Waals surface area contributed by atoms with Gasteiger partial charge in [-0.1, -0.05) is 17.7 Å². The number of rotatable bonds is 3. The van der Waals surface area contributed by atoms with Crippen LogP contribution in [0.15, 0.2) is 41.2 Å². The molecule has 0 fully saturated rings. The Hall–Kier alpha value is -1.65. The van der Waals surface area contributed by atoms with Crippen molar-refractivity contribution >= 4 is 0 Å². The van der Waals surface area contributed by atoms with Gasteiger partial charge in [-0.3, -0.25) is 5.84 Å². The van der Waals surface area contributed by atoms with Crippen LogP contribution in [-0.2, 0) is 0 Å². The first-order valence-corrected chi connectivity index (χ1v) is 4.96. The summed E-state index contributed by atoms with van der Waals surface area (Å²) in [7, 11) is 0. The summed E-state index contributed by atoms with van der Waals surface area (Å²) in [6, 6.07) is 6.30. The molecule has 1 heterocycles. The quantitative estimate of drug-likeness (QED) is 0.616. The summed E-state index contributed by atoms with van der Waals surface area (Å²) in [4.78, 5) is 0. The van der Waals surface area contributed by atoms with Crippen molar-refractivity contribution in [3.8, 4) is 0 Å². The van der Waals surface area contributed by atoms with E-state index in [1.165, 1.54) is 12.3 Å². The van der Waals surface area contributed by atoms with E-state index in [0.29, 0.717) is 5.56 Å². The molecule has 16 heavy (non-hydrogen) atoms. The predicted molar refractivity (Wildman–Crippen MR) is 59.0 cm³/mol. The van der Waals surface area contributed by atoms with E-state index in [9.17, 15) is 4.39 Å². The van der Waals surface area contributed by atoms with Crippen LogP contribution in [-0.4, -0.2) is 0 Å².